The fraction of sp³-hybridized carbons (Fsp3) is 0.644. The van der Waals surface area contributed by atoms with Gasteiger partial charge in [-0.25, -0.2) is 4.39 Å². The monoisotopic (exact) mass is 1510 g/mol. The molecule has 7 heterocycles. The highest BCUT2D eigenvalue weighted by Crippen LogP contribution is 2.55. The molecule has 0 aliphatic heterocycles. The number of benzene rings is 1. The van der Waals surface area contributed by atoms with Crippen LogP contribution in [0.15, 0.2) is 42.5 Å². The van der Waals surface area contributed by atoms with Crippen molar-refractivity contribution in [2.45, 2.75) is 352 Å². The van der Waals surface area contributed by atoms with E-state index in [4.69, 9.17) is 8.75 Å². The van der Waals surface area contributed by atoms with Crippen molar-refractivity contribution in [1.82, 2.24) is 8.75 Å². The summed E-state index contributed by atoms with van der Waals surface area (Å²) in [6, 6.07) is 15.2. The molecule has 560 valence electrons. The second kappa shape index (κ2) is 44.1. The molecular formula is C90H129FN2O2S7. The summed E-state index contributed by atoms with van der Waals surface area (Å²) in [4.78, 5) is 46.6. The molecule has 12 heteroatoms. The van der Waals surface area contributed by atoms with E-state index in [-0.39, 0.29) is 17.4 Å². The molecule has 0 amide bonds. The zero-order valence-electron chi connectivity index (χ0n) is 64.9. The number of unbranched alkanes of at least 4 members (excludes halogenated alkanes) is 26. The average molecular weight is 1510 g/mol. The Bertz CT molecular complexity index is 3780. The van der Waals surface area contributed by atoms with Gasteiger partial charge in [0, 0.05) is 65.5 Å². The van der Waals surface area contributed by atoms with E-state index in [1.165, 1.54) is 244 Å². The maximum atomic E-state index is 17.2. The maximum absolute atomic E-state index is 17.2. The number of halogens is 1. The third kappa shape index (κ3) is 22.8. The van der Waals surface area contributed by atoms with Gasteiger partial charge in [0.1, 0.15) is 16.9 Å². The Balaban J connectivity index is 1.19. The summed E-state index contributed by atoms with van der Waals surface area (Å²) in [5.74, 6) is 1.92. The highest BCUT2D eigenvalue weighted by Gasteiger charge is 2.43. The number of fused-ring (bicyclic) bond motifs is 3. The van der Waals surface area contributed by atoms with E-state index in [9.17, 15) is 0 Å². The lowest BCUT2D eigenvalue weighted by atomic mass is 9.81. The Hall–Kier alpha value is -3.49. The maximum Gasteiger partial charge on any atom is 0.197 e. The van der Waals surface area contributed by atoms with Crippen molar-refractivity contribution in [2.75, 3.05) is 0 Å². The molecule has 0 saturated carbocycles. The first-order valence-electron chi connectivity index (χ1n) is 41.6. The van der Waals surface area contributed by atoms with Crippen LogP contribution in [-0.2, 0) is 25.7 Å². The Morgan fingerprint density at radius 2 is 0.755 bits per heavy atom. The van der Waals surface area contributed by atoms with Crippen molar-refractivity contribution < 1.29 is 14.0 Å². The normalized spacial score (nSPS) is 13.7. The third-order valence-corrected chi connectivity index (χ3v) is 30.5. The van der Waals surface area contributed by atoms with E-state index in [0.29, 0.717) is 45.9 Å². The van der Waals surface area contributed by atoms with Crippen LogP contribution in [0, 0.1) is 43.3 Å². The molecule has 1 aliphatic rings. The molecule has 1 aliphatic carbocycles. The minimum Gasteiger partial charge on any atom is -0.288 e. The predicted octanol–water partition coefficient (Wildman–Crippen LogP) is 32.3. The second-order valence-corrected chi connectivity index (χ2v) is 38.3. The molecule has 4 unspecified atom stereocenters. The first-order chi connectivity index (χ1) is 49.9. The number of rotatable bonds is 53. The molecule has 0 saturated heterocycles. The van der Waals surface area contributed by atoms with Crippen molar-refractivity contribution in [2.24, 2.45) is 23.7 Å². The number of thiophene rings is 6. The van der Waals surface area contributed by atoms with E-state index in [1.807, 2.05) is 34.0 Å². The molecule has 0 spiro atoms. The molecule has 8 aromatic rings. The average Bonchev–Trinajstić information content (AvgIpc) is 1.55. The van der Waals surface area contributed by atoms with Crippen LogP contribution in [-0.4, -0.2) is 20.3 Å². The Labute approximate surface area is 646 Å². The second-order valence-electron chi connectivity index (χ2n) is 30.9. The standard InChI is InChI=1S/C90H129FN2O2S7/c1-11-19-25-29-33-35-39-43-48-66(47-41-37-31-27-21-13-3)55-68-59-77(97-63(68)10)89-82-83(87(95)81-76(58-65(18-8)46-24-16-6)99-75(80(81)86(82)94)57-64(17-7)45-23-15-5)90(101-89)78-60-69(56-67(49-42-38-32-28-22-14-4)50-44-40-36-34-30-26-20-12-2)88(100-78)74-54-53-73(98-74)79-71(91)61-70(72-52-51-62(9)96-72)84-85(79)93-102-92-84/h51-54,59-61,64-67H,11-50,55-58H2,1-10H3. The third-order valence-electron chi connectivity index (χ3n) is 22.6. The van der Waals surface area contributed by atoms with Gasteiger partial charge in [0.05, 0.1) is 38.2 Å². The molecule has 0 radical (unpaired) electrons. The van der Waals surface area contributed by atoms with Gasteiger partial charge < -0.3 is 0 Å². The summed E-state index contributed by atoms with van der Waals surface area (Å²) in [6.45, 7) is 22.9. The van der Waals surface area contributed by atoms with Crippen molar-refractivity contribution >= 4 is 102 Å². The number of ketones is 2. The van der Waals surface area contributed by atoms with Crippen molar-refractivity contribution in [3.63, 3.8) is 0 Å². The molecule has 1 aromatic carbocycles. The lowest BCUT2D eigenvalue weighted by Gasteiger charge is -2.19. The van der Waals surface area contributed by atoms with Crippen molar-refractivity contribution in [3.05, 3.63) is 101 Å². The van der Waals surface area contributed by atoms with Gasteiger partial charge >= 0.3 is 0 Å². The quantitative estimate of drug-likeness (QED) is 0.0357. The number of aryl methyl sites for hydroxylation is 2. The summed E-state index contributed by atoms with van der Waals surface area (Å²) in [7, 11) is 0. The SMILES string of the molecule is CCCCCCCCCCC(CCCCCCCC)Cc1cc(-c2sc(-c3cc(CC(CCCCCCCC)CCCCCCCCCC)c(-c4ccc(-c5c(F)cc(-c6ccc(C)s6)c6nsnc56)s4)s3)c3c2C(=O)c2c(CC(CC)CCCC)sc(CC(CC)CCCC)c2C3=O)sc1C. The molecule has 9 rings (SSSR count). The predicted molar refractivity (Wildman–Crippen MR) is 453 cm³/mol. The first-order valence-corrected chi connectivity index (χ1v) is 47.3. The van der Waals surface area contributed by atoms with E-state index in [0.717, 1.165) is 142 Å². The molecule has 7 aromatic heterocycles. The number of nitrogens with zero attached hydrogens (tertiary/aromatic N) is 2. The molecular weight excluding hydrogens is 1380 g/mol. The smallest absolute Gasteiger partial charge is 0.197 e. The Morgan fingerprint density at radius 1 is 0.343 bits per heavy atom. The van der Waals surface area contributed by atoms with E-state index in [2.05, 4.69) is 106 Å². The van der Waals surface area contributed by atoms with Gasteiger partial charge in [0.15, 0.2) is 11.6 Å². The summed E-state index contributed by atoms with van der Waals surface area (Å²) < 4.78 is 26.8. The number of carbonyl (C=O) groups is 2. The van der Waals surface area contributed by atoms with Gasteiger partial charge in [0.2, 0.25) is 0 Å². The van der Waals surface area contributed by atoms with Gasteiger partial charge in [-0.15, -0.1) is 68.0 Å². The van der Waals surface area contributed by atoms with Gasteiger partial charge in [-0.05, 0) is 117 Å². The minimum absolute atomic E-state index is 0.0718. The van der Waals surface area contributed by atoms with Crippen LogP contribution in [0.4, 0.5) is 4.39 Å². The zero-order chi connectivity index (χ0) is 72.2. The number of hydrogen-bond donors (Lipinski definition) is 0. The largest absolute Gasteiger partial charge is 0.288 e. The highest BCUT2D eigenvalue weighted by atomic mass is 32.1. The van der Waals surface area contributed by atoms with Gasteiger partial charge in [-0.1, -0.05) is 312 Å². The number of carbonyl (C=O) groups excluding carboxylic acids is 2. The molecule has 0 fully saturated rings. The van der Waals surface area contributed by atoms with Crippen molar-refractivity contribution in [3.8, 4) is 50.1 Å². The van der Waals surface area contributed by atoms with Crippen LogP contribution in [0.3, 0.4) is 0 Å². The number of aromatic nitrogens is 2. The number of hydrogen-bond acceptors (Lipinski definition) is 11. The van der Waals surface area contributed by atoms with Crippen LogP contribution >= 0.6 is 79.7 Å². The zero-order valence-corrected chi connectivity index (χ0v) is 70.6. The molecule has 4 atom stereocenters. The first kappa shape index (κ1) is 82.6. The Morgan fingerprint density at radius 3 is 1.22 bits per heavy atom. The van der Waals surface area contributed by atoms with Crippen molar-refractivity contribution in [1.29, 1.82) is 0 Å². The van der Waals surface area contributed by atoms with Gasteiger partial charge in [0.25, 0.3) is 0 Å². The molecule has 4 nitrogen and oxygen atoms in total. The topological polar surface area (TPSA) is 59.9 Å². The molecule has 102 heavy (non-hydrogen) atoms. The van der Waals surface area contributed by atoms with Crippen LogP contribution < -0.4 is 0 Å². The fourth-order valence-corrected chi connectivity index (χ4v) is 24.2. The van der Waals surface area contributed by atoms with Gasteiger partial charge in [-0.3, -0.25) is 9.59 Å². The summed E-state index contributed by atoms with van der Waals surface area (Å²) in [5.41, 5.74) is 8.22. The van der Waals surface area contributed by atoms with E-state index >= 15 is 14.0 Å². The van der Waals surface area contributed by atoms with Crippen LogP contribution in [0.2, 0.25) is 0 Å². The Kier molecular flexibility index (Phi) is 35.7. The van der Waals surface area contributed by atoms with Crippen LogP contribution in [0.25, 0.3) is 61.2 Å². The molecule has 0 N–H and O–H groups in total. The van der Waals surface area contributed by atoms with Crippen LogP contribution in [0.1, 0.15) is 375 Å². The highest BCUT2D eigenvalue weighted by molar-refractivity contribution is 7.29. The summed E-state index contributed by atoms with van der Waals surface area (Å²) in [5, 5.41) is 0. The minimum atomic E-state index is -0.275. The molecule has 0 bridgehead atoms. The van der Waals surface area contributed by atoms with Crippen LogP contribution in [0.5, 0.6) is 0 Å². The fourth-order valence-electron chi connectivity index (χ4n) is 16.3. The summed E-state index contributed by atoms with van der Waals surface area (Å²) >= 11 is 11.7. The lowest BCUT2D eigenvalue weighted by molar-refractivity contribution is 0.0980. The van der Waals surface area contributed by atoms with E-state index in [1.54, 1.807) is 40.1 Å². The van der Waals surface area contributed by atoms with Gasteiger partial charge in [-0.2, -0.15) is 8.75 Å². The summed E-state index contributed by atoms with van der Waals surface area (Å²) in [6.07, 6.45) is 54.4. The lowest BCUT2D eigenvalue weighted by Crippen LogP contribution is -2.22. The van der Waals surface area contributed by atoms with E-state index < -0.39 is 0 Å².